The van der Waals surface area contributed by atoms with E-state index in [1.165, 1.54) is 6.33 Å². The lowest BCUT2D eigenvalue weighted by molar-refractivity contribution is 0.303. The maximum atomic E-state index is 9.98. The van der Waals surface area contributed by atoms with E-state index in [-0.39, 0.29) is 11.7 Å². The van der Waals surface area contributed by atoms with Crippen LogP contribution in [0.25, 0.3) is 0 Å². The normalized spacial score (nSPS) is 14.6. The van der Waals surface area contributed by atoms with E-state index in [2.05, 4.69) is 34.0 Å². The Labute approximate surface area is 187 Å². The largest absolute Gasteiger partial charge is 0.508 e. The van der Waals surface area contributed by atoms with Gasteiger partial charge >= 0.3 is 0 Å². The van der Waals surface area contributed by atoms with Crippen LogP contribution in [0.4, 0.5) is 5.82 Å². The van der Waals surface area contributed by atoms with E-state index in [1.54, 1.807) is 12.1 Å². The van der Waals surface area contributed by atoms with Crippen molar-refractivity contribution < 1.29 is 9.84 Å². The van der Waals surface area contributed by atoms with Crippen LogP contribution in [0.15, 0.2) is 48.8 Å². The van der Waals surface area contributed by atoms with Gasteiger partial charge in [0.25, 0.3) is 0 Å². The van der Waals surface area contributed by atoms with Gasteiger partial charge in [-0.05, 0) is 43.8 Å². The predicted octanol–water partition coefficient (Wildman–Crippen LogP) is 5.27. The van der Waals surface area contributed by atoms with Crippen molar-refractivity contribution in [2.45, 2.75) is 26.2 Å². The average molecular weight is 439 g/mol. The third kappa shape index (κ3) is 4.45. The first kappa shape index (κ1) is 21.4. The molecule has 7 heteroatoms. The van der Waals surface area contributed by atoms with Crippen molar-refractivity contribution in [3.05, 3.63) is 70.5 Å². The Hall–Kier alpha value is -2.83. The van der Waals surface area contributed by atoms with E-state index >= 15 is 0 Å². The zero-order valence-corrected chi connectivity index (χ0v) is 18.6. The molecule has 1 aromatic heterocycles. The average Bonchev–Trinajstić information content (AvgIpc) is 2.78. The Kier molecular flexibility index (Phi) is 6.59. The first-order chi connectivity index (χ1) is 15.1. The van der Waals surface area contributed by atoms with Gasteiger partial charge in [-0.15, -0.1) is 0 Å². The molecule has 2 heterocycles. The Morgan fingerprint density at radius 3 is 2.68 bits per heavy atom. The standard InChI is InChI=1S/C24H27ClN4O2/c1-3-29(4-2)13-7-12-26-23-22-21(17-8-5-6-9-19(17)25)18-11-10-16(30)14-20(18)31-24(22)28-15-27-23/h5-6,8-11,14-15,21,30H,3-4,7,12-13H2,1-2H3,(H,26,27,28). The summed E-state index contributed by atoms with van der Waals surface area (Å²) in [5.41, 5.74) is 2.72. The molecule has 31 heavy (non-hydrogen) atoms. The molecule has 1 atom stereocenters. The molecule has 3 aromatic rings. The van der Waals surface area contributed by atoms with E-state index < -0.39 is 0 Å². The van der Waals surface area contributed by atoms with Crippen LogP contribution in [0, 0.1) is 0 Å². The number of ether oxygens (including phenoxy) is 1. The van der Waals surface area contributed by atoms with E-state index in [0.717, 1.165) is 55.1 Å². The number of hydrogen-bond donors (Lipinski definition) is 2. The monoisotopic (exact) mass is 438 g/mol. The third-order valence-electron chi connectivity index (χ3n) is 5.71. The minimum atomic E-state index is -0.209. The summed E-state index contributed by atoms with van der Waals surface area (Å²) in [6.45, 7) is 8.27. The van der Waals surface area contributed by atoms with Crippen LogP contribution in [0.3, 0.4) is 0 Å². The molecule has 1 aliphatic heterocycles. The number of phenols is 1. The minimum Gasteiger partial charge on any atom is -0.508 e. The second kappa shape index (κ2) is 9.54. The fourth-order valence-electron chi connectivity index (χ4n) is 4.05. The molecule has 0 saturated carbocycles. The molecule has 162 valence electrons. The number of benzene rings is 2. The molecule has 0 aliphatic carbocycles. The highest BCUT2D eigenvalue weighted by atomic mass is 35.5. The quantitative estimate of drug-likeness (QED) is 0.365. The second-order valence-corrected chi connectivity index (χ2v) is 7.93. The lowest BCUT2D eigenvalue weighted by atomic mass is 9.83. The van der Waals surface area contributed by atoms with Gasteiger partial charge in [0.1, 0.15) is 23.6 Å². The van der Waals surface area contributed by atoms with Gasteiger partial charge < -0.3 is 20.1 Å². The van der Waals surface area contributed by atoms with Gasteiger partial charge in [-0.2, -0.15) is 0 Å². The van der Waals surface area contributed by atoms with Crippen molar-refractivity contribution >= 4 is 17.4 Å². The summed E-state index contributed by atoms with van der Waals surface area (Å²) < 4.78 is 6.07. The number of fused-ring (bicyclic) bond motifs is 2. The summed E-state index contributed by atoms with van der Waals surface area (Å²) >= 11 is 6.61. The second-order valence-electron chi connectivity index (χ2n) is 7.53. The van der Waals surface area contributed by atoms with Gasteiger partial charge in [-0.25, -0.2) is 9.97 Å². The van der Waals surface area contributed by atoms with Crippen molar-refractivity contribution in [2.24, 2.45) is 0 Å². The number of aromatic hydroxyl groups is 1. The maximum absolute atomic E-state index is 9.98. The maximum Gasteiger partial charge on any atom is 0.228 e. The number of rotatable bonds is 8. The SMILES string of the molecule is CCN(CC)CCCNc1ncnc2c1C(c1ccccc1Cl)c1ccc(O)cc1O2. The molecule has 6 nitrogen and oxygen atoms in total. The first-order valence-electron chi connectivity index (χ1n) is 10.7. The molecular weight excluding hydrogens is 412 g/mol. The van der Waals surface area contributed by atoms with Crippen molar-refractivity contribution in [3.8, 4) is 17.4 Å². The topological polar surface area (TPSA) is 70.5 Å². The van der Waals surface area contributed by atoms with Crippen molar-refractivity contribution in [1.29, 1.82) is 0 Å². The van der Waals surface area contributed by atoms with Crippen molar-refractivity contribution in [2.75, 3.05) is 31.5 Å². The predicted molar refractivity (Wildman–Crippen MR) is 124 cm³/mol. The number of nitrogens with one attached hydrogen (secondary N) is 1. The van der Waals surface area contributed by atoms with Crippen molar-refractivity contribution in [3.63, 3.8) is 0 Å². The Bertz CT molecular complexity index is 1060. The molecule has 0 fully saturated rings. The fourth-order valence-corrected chi connectivity index (χ4v) is 4.30. The number of halogens is 1. The van der Waals surface area contributed by atoms with Crippen LogP contribution >= 0.6 is 11.6 Å². The zero-order chi connectivity index (χ0) is 21.8. The Morgan fingerprint density at radius 2 is 1.90 bits per heavy atom. The molecule has 1 aliphatic rings. The smallest absolute Gasteiger partial charge is 0.228 e. The number of aromatic nitrogens is 2. The summed E-state index contributed by atoms with van der Waals surface area (Å²) in [6, 6.07) is 12.9. The minimum absolute atomic E-state index is 0.143. The first-order valence-corrected chi connectivity index (χ1v) is 11.1. The molecule has 4 rings (SSSR count). The molecule has 0 spiro atoms. The van der Waals surface area contributed by atoms with Gasteiger partial charge in [-0.1, -0.05) is 49.7 Å². The molecular formula is C24H27ClN4O2. The van der Waals surface area contributed by atoms with Crippen LogP contribution in [0.2, 0.25) is 5.02 Å². The van der Waals surface area contributed by atoms with Crippen LogP contribution in [0.5, 0.6) is 17.4 Å². The molecule has 2 aromatic carbocycles. The van der Waals surface area contributed by atoms with E-state index in [4.69, 9.17) is 16.3 Å². The Morgan fingerprint density at radius 1 is 1.10 bits per heavy atom. The van der Waals surface area contributed by atoms with Crippen molar-refractivity contribution in [1.82, 2.24) is 14.9 Å². The highest BCUT2D eigenvalue weighted by Crippen LogP contribution is 2.50. The van der Waals surface area contributed by atoms with E-state index in [0.29, 0.717) is 16.7 Å². The molecule has 0 bridgehead atoms. The summed E-state index contributed by atoms with van der Waals surface area (Å²) in [5, 5.41) is 14.1. The van der Waals surface area contributed by atoms with Crippen LogP contribution < -0.4 is 10.1 Å². The van der Waals surface area contributed by atoms with Gasteiger partial charge in [0.05, 0.1) is 5.56 Å². The highest BCUT2D eigenvalue weighted by Gasteiger charge is 2.34. The van der Waals surface area contributed by atoms with E-state index in [9.17, 15) is 5.11 Å². The molecule has 0 saturated heterocycles. The van der Waals surface area contributed by atoms with Crippen LogP contribution in [-0.4, -0.2) is 46.2 Å². The van der Waals surface area contributed by atoms with Crippen LogP contribution in [-0.2, 0) is 0 Å². The Balaban J connectivity index is 1.70. The molecule has 2 N–H and O–H groups in total. The summed E-state index contributed by atoms with van der Waals surface area (Å²) in [5.74, 6) is 1.73. The van der Waals surface area contributed by atoms with E-state index in [1.807, 2.05) is 30.3 Å². The number of phenolic OH excluding ortho intramolecular Hbond substituents is 1. The summed E-state index contributed by atoms with van der Waals surface area (Å²) in [7, 11) is 0. The highest BCUT2D eigenvalue weighted by molar-refractivity contribution is 6.31. The van der Waals surface area contributed by atoms with Gasteiger partial charge in [0.15, 0.2) is 0 Å². The third-order valence-corrected chi connectivity index (χ3v) is 6.05. The summed E-state index contributed by atoms with van der Waals surface area (Å²) in [4.78, 5) is 11.3. The summed E-state index contributed by atoms with van der Waals surface area (Å²) in [6.07, 6.45) is 2.51. The van der Waals surface area contributed by atoms with Gasteiger partial charge in [0, 0.05) is 29.1 Å². The zero-order valence-electron chi connectivity index (χ0n) is 17.8. The van der Waals surface area contributed by atoms with Crippen LogP contribution in [0.1, 0.15) is 42.9 Å². The number of anilines is 1. The molecule has 1 unspecified atom stereocenters. The molecule has 0 radical (unpaired) electrons. The molecule has 0 amide bonds. The lowest BCUT2D eigenvalue weighted by Gasteiger charge is -2.29. The lowest BCUT2D eigenvalue weighted by Crippen LogP contribution is -2.25. The number of hydrogen-bond acceptors (Lipinski definition) is 6. The number of nitrogens with zero attached hydrogens (tertiary/aromatic N) is 3. The van der Waals surface area contributed by atoms with Gasteiger partial charge in [-0.3, -0.25) is 0 Å². The van der Waals surface area contributed by atoms with Gasteiger partial charge in [0.2, 0.25) is 5.88 Å². The fraction of sp³-hybridized carbons (Fsp3) is 0.333.